The Morgan fingerprint density at radius 2 is 2.13 bits per heavy atom. The van der Waals surface area contributed by atoms with Gasteiger partial charge in [-0.15, -0.1) is 0 Å². The summed E-state index contributed by atoms with van der Waals surface area (Å²) in [5.41, 5.74) is 5.65. The molecule has 0 bridgehead atoms. The maximum absolute atomic E-state index is 11.6. The SMILES string of the molecule is CCN(C1CCCC1)C(CN)C(=O)OC. The van der Waals surface area contributed by atoms with E-state index in [1.807, 2.05) is 0 Å². The van der Waals surface area contributed by atoms with Gasteiger partial charge in [0, 0.05) is 12.6 Å². The molecule has 1 atom stereocenters. The molecule has 0 aromatic rings. The van der Waals surface area contributed by atoms with Crippen molar-refractivity contribution in [1.29, 1.82) is 0 Å². The first kappa shape index (κ1) is 12.5. The summed E-state index contributed by atoms with van der Waals surface area (Å²) >= 11 is 0. The van der Waals surface area contributed by atoms with Crippen LogP contribution in [0.4, 0.5) is 0 Å². The molecule has 0 saturated heterocycles. The third kappa shape index (κ3) is 2.92. The lowest BCUT2D eigenvalue weighted by atomic mass is 10.1. The number of hydrogen-bond donors (Lipinski definition) is 1. The molecule has 0 aromatic carbocycles. The number of carbonyl (C=O) groups is 1. The van der Waals surface area contributed by atoms with Gasteiger partial charge in [0.15, 0.2) is 0 Å². The zero-order chi connectivity index (χ0) is 11.3. The van der Waals surface area contributed by atoms with Gasteiger partial charge in [0.1, 0.15) is 6.04 Å². The predicted molar refractivity (Wildman–Crippen MR) is 59.5 cm³/mol. The minimum Gasteiger partial charge on any atom is -0.468 e. The van der Waals surface area contributed by atoms with Gasteiger partial charge in [-0.25, -0.2) is 0 Å². The van der Waals surface area contributed by atoms with Gasteiger partial charge < -0.3 is 10.5 Å². The third-order valence-electron chi connectivity index (χ3n) is 3.26. The summed E-state index contributed by atoms with van der Waals surface area (Å²) in [5.74, 6) is -0.203. The van der Waals surface area contributed by atoms with E-state index in [2.05, 4.69) is 11.8 Å². The molecule has 1 aliphatic rings. The van der Waals surface area contributed by atoms with Crippen LogP contribution in [0.1, 0.15) is 32.6 Å². The van der Waals surface area contributed by atoms with Gasteiger partial charge in [0.2, 0.25) is 0 Å². The van der Waals surface area contributed by atoms with Crippen LogP contribution in [-0.2, 0) is 9.53 Å². The number of hydrogen-bond acceptors (Lipinski definition) is 4. The van der Waals surface area contributed by atoms with E-state index in [0.717, 1.165) is 6.54 Å². The standard InChI is InChI=1S/C11H22N2O2/c1-3-13(9-6-4-5-7-9)10(8-12)11(14)15-2/h9-10H,3-8,12H2,1-2H3. The summed E-state index contributed by atoms with van der Waals surface area (Å²) in [5, 5.41) is 0. The van der Waals surface area contributed by atoms with Crippen LogP contribution in [0.25, 0.3) is 0 Å². The monoisotopic (exact) mass is 214 g/mol. The Hall–Kier alpha value is -0.610. The maximum Gasteiger partial charge on any atom is 0.324 e. The van der Waals surface area contributed by atoms with Crippen molar-refractivity contribution in [2.75, 3.05) is 20.2 Å². The molecule has 0 heterocycles. The number of methoxy groups -OCH3 is 1. The molecule has 0 amide bonds. The first-order chi connectivity index (χ1) is 7.24. The second-order valence-electron chi connectivity index (χ2n) is 4.04. The molecule has 0 aliphatic heterocycles. The van der Waals surface area contributed by atoms with Crippen molar-refractivity contribution >= 4 is 5.97 Å². The predicted octanol–water partition coefficient (Wildman–Crippen LogP) is 0.751. The quantitative estimate of drug-likeness (QED) is 0.686. The normalized spacial score (nSPS) is 19.5. The van der Waals surface area contributed by atoms with Gasteiger partial charge in [0.25, 0.3) is 0 Å². The molecule has 15 heavy (non-hydrogen) atoms. The van der Waals surface area contributed by atoms with Crippen LogP contribution in [-0.4, -0.2) is 43.2 Å². The highest BCUT2D eigenvalue weighted by Crippen LogP contribution is 2.24. The Kier molecular flexibility index (Phi) is 5.05. The van der Waals surface area contributed by atoms with E-state index in [0.29, 0.717) is 12.6 Å². The molecule has 4 heteroatoms. The minimum atomic E-state index is -0.261. The van der Waals surface area contributed by atoms with E-state index in [9.17, 15) is 4.79 Å². The van der Waals surface area contributed by atoms with Crippen LogP contribution in [0.3, 0.4) is 0 Å². The van der Waals surface area contributed by atoms with Crippen molar-refractivity contribution in [2.24, 2.45) is 5.73 Å². The molecule has 0 spiro atoms. The van der Waals surface area contributed by atoms with Crippen molar-refractivity contribution < 1.29 is 9.53 Å². The molecule has 88 valence electrons. The lowest BCUT2D eigenvalue weighted by molar-refractivity contribution is -0.147. The average molecular weight is 214 g/mol. The van der Waals surface area contributed by atoms with Gasteiger partial charge in [-0.3, -0.25) is 9.69 Å². The number of carbonyl (C=O) groups excluding carboxylic acids is 1. The fourth-order valence-corrected chi connectivity index (χ4v) is 2.47. The molecule has 2 N–H and O–H groups in total. The van der Waals surface area contributed by atoms with E-state index in [-0.39, 0.29) is 12.0 Å². The fraction of sp³-hybridized carbons (Fsp3) is 0.909. The lowest BCUT2D eigenvalue weighted by Crippen LogP contribution is -2.50. The molecular weight excluding hydrogens is 192 g/mol. The number of esters is 1. The summed E-state index contributed by atoms with van der Waals surface area (Å²) in [6.45, 7) is 3.28. The van der Waals surface area contributed by atoms with E-state index in [1.54, 1.807) is 0 Å². The molecule has 1 aliphatic carbocycles. The van der Waals surface area contributed by atoms with E-state index in [4.69, 9.17) is 10.5 Å². The Bertz CT molecular complexity index is 203. The highest BCUT2D eigenvalue weighted by Gasteiger charge is 2.31. The Labute approximate surface area is 91.8 Å². The lowest BCUT2D eigenvalue weighted by Gasteiger charge is -2.33. The largest absolute Gasteiger partial charge is 0.468 e. The second kappa shape index (κ2) is 6.08. The summed E-state index contributed by atoms with van der Waals surface area (Å²) < 4.78 is 4.79. The maximum atomic E-state index is 11.6. The van der Waals surface area contributed by atoms with Crippen LogP contribution in [0, 0.1) is 0 Å². The summed E-state index contributed by atoms with van der Waals surface area (Å²) in [6.07, 6.45) is 4.89. The molecule has 4 nitrogen and oxygen atoms in total. The molecular formula is C11H22N2O2. The summed E-state index contributed by atoms with van der Waals surface area (Å²) in [6, 6.07) is 0.255. The van der Waals surface area contributed by atoms with E-state index >= 15 is 0 Å². The van der Waals surface area contributed by atoms with Crippen LogP contribution in [0.5, 0.6) is 0 Å². The Morgan fingerprint density at radius 3 is 2.53 bits per heavy atom. The third-order valence-corrected chi connectivity index (χ3v) is 3.26. The topological polar surface area (TPSA) is 55.6 Å². The number of ether oxygens (including phenoxy) is 1. The van der Waals surface area contributed by atoms with Crippen molar-refractivity contribution in [3.05, 3.63) is 0 Å². The number of likely N-dealkylation sites (N-methyl/N-ethyl adjacent to an activating group) is 1. The highest BCUT2D eigenvalue weighted by molar-refractivity contribution is 5.76. The van der Waals surface area contributed by atoms with Gasteiger partial charge in [0.05, 0.1) is 7.11 Å². The molecule has 1 saturated carbocycles. The van der Waals surface area contributed by atoms with Crippen LogP contribution in [0.2, 0.25) is 0 Å². The minimum absolute atomic E-state index is 0.203. The van der Waals surface area contributed by atoms with Crippen molar-refractivity contribution in [1.82, 2.24) is 4.90 Å². The molecule has 1 unspecified atom stereocenters. The number of nitrogens with zero attached hydrogens (tertiary/aromatic N) is 1. The van der Waals surface area contributed by atoms with Crippen LogP contribution in [0.15, 0.2) is 0 Å². The first-order valence-corrected chi connectivity index (χ1v) is 5.78. The average Bonchev–Trinajstić information content (AvgIpc) is 2.77. The smallest absolute Gasteiger partial charge is 0.324 e. The van der Waals surface area contributed by atoms with E-state index < -0.39 is 0 Å². The van der Waals surface area contributed by atoms with E-state index in [1.165, 1.54) is 32.8 Å². The number of nitrogens with two attached hydrogens (primary N) is 1. The molecule has 0 radical (unpaired) electrons. The van der Waals surface area contributed by atoms with Crippen molar-refractivity contribution in [3.8, 4) is 0 Å². The van der Waals surface area contributed by atoms with Gasteiger partial charge in [-0.05, 0) is 19.4 Å². The van der Waals surface area contributed by atoms with Crippen molar-refractivity contribution in [2.45, 2.75) is 44.7 Å². The Morgan fingerprint density at radius 1 is 1.53 bits per heavy atom. The molecule has 1 rings (SSSR count). The second-order valence-corrected chi connectivity index (χ2v) is 4.04. The van der Waals surface area contributed by atoms with Crippen LogP contribution < -0.4 is 5.73 Å². The molecule has 0 aromatic heterocycles. The number of rotatable bonds is 5. The van der Waals surface area contributed by atoms with Gasteiger partial charge >= 0.3 is 5.97 Å². The first-order valence-electron chi connectivity index (χ1n) is 5.78. The fourth-order valence-electron chi connectivity index (χ4n) is 2.47. The van der Waals surface area contributed by atoms with Crippen molar-refractivity contribution in [3.63, 3.8) is 0 Å². The van der Waals surface area contributed by atoms with Gasteiger partial charge in [-0.1, -0.05) is 19.8 Å². The zero-order valence-corrected chi connectivity index (χ0v) is 9.74. The molecule has 1 fully saturated rings. The Balaban J connectivity index is 2.64. The highest BCUT2D eigenvalue weighted by atomic mass is 16.5. The van der Waals surface area contributed by atoms with Crippen LogP contribution >= 0.6 is 0 Å². The summed E-state index contributed by atoms with van der Waals surface area (Å²) in [7, 11) is 1.42. The summed E-state index contributed by atoms with van der Waals surface area (Å²) in [4.78, 5) is 13.7. The van der Waals surface area contributed by atoms with Gasteiger partial charge in [-0.2, -0.15) is 0 Å². The zero-order valence-electron chi connectivity index (χ0n) is 9.74.